The van der Waals surface area contributed by atoms with Crippen molar-refractivity contribution in [3.63, 3.8) is 0 Å². The quantitative estimate of drug-likeness (QED) is 0.0402. The molecule has 1 atom stereocenters. The van der Waals surface area contributed by atoms with Crippen molar-refractivity contribution in [2.75, 3.05) is 75.3 Å². The highest BCUT2D eigenvalue weighted by Gasteiger charge is 2.28. The lowest BCUT2D eigenvalue weighted by molar-refractivity contribution is -0.134. The Morgan fingerprint density at radius 3 is 2.45 bits per heavy atom. The summed E-state index contributed by atoms with van der Waals surface area (Å²) in [4.78, 5) is 44.3. The number of fused-ring (bicyclic) bond motifs is 1. The molecule has 2 fully saturated rings. The van der Waals surface area contributed by atoms with Crippen LogP contribution in [0.1, 0.15) is 49.7 Å². The van der Waals surface area contributed by atoms with E-state index in [0.717, 1.165) is 69.0 Å². The second-order valence-corrected chi connectivity index (χ2v) is 19.3. The normalized spacial score (nSPS) is 16.1. The number of amides is 2. The molecular weight excluding hydrogens is 847 g/mol. The standard InChI is InChI=1S/C43H52BrN10O5P/c1-5-27-24-35(51-43-49-26-32(44)41(53-43)50-34-12-11-33-39(48-19-18-47-33)40(34)60(3,4)57)37(58-2)25-36(27)54-21-14-29(15-22-54)46-17-16-45-20-23-59-30-8-6-28(7-9-30)31-10-13-38(55)52-42(31)56/h6-9,11-12,18-19,24-26,29,31,45-46H,5,10,13-17,20-23H2,1-4H3,(H,52,55,56)(H2,49,50,51,53). The van der Waals surface area contributed by atoms with E-state index >= 15 is 0 Å². The van der Waals surface area contributed by atoms with Crippen LogP contribution < -0.4 is 46.3 Å². The van der Waals surface area contributed by atoms with Crippen LogP contribution in [0.3, 0.4) is 0 Å². The number of aryl methyl sites for hydroxylation is 1. The monoisotopic (exact) mass is 898 g/mol. The van der Waals surface area contributed by atoms with Crippen LogP contribution in [0.2, 0.25) is 0 Å². The number of hydrogen-bond donors (Lipinski definition) is 5. The first-order chi connectivity index (χ1) is 29.0. The van der Waals surface area contributed by atoms with Gasteiger partial charge in [0.05, 0.1) is 39.7 Å². The van der Waals surface area contributed by atoms with Gasteiger partial charge in [0.25, 0.3) is 0 Å². The summed E-state index contributed by atoms with van der Waals surface area (Å²) in [6, 6.07) is 15.9. The number of halogens is 1. The van der Waals surface area contributed by atoms with E-state index in [4.69, 9.17) is 14.5 Å². The molecule has 0 aliphatic carbocycles. The average Bonchev–Trinajstić information content (AvgIpc) is 3.24. The first-order valence-corrected chi connectivity index (χ1v) is 23.7. The number of piperidine rings is 2. The van der Waals surface area contributed by atoms with Crippen molar-refractivity contribution in [2.24, 2.45) is 0 Å². The smallest absolute Gasteiger partial charge is 0.234 e. The Labute approximate surface area is 358 Å². The number of imide groups is 1. The van der Waals surface area contributed by atoms with Gasteiger partial charge in [0.15, 0.2) is 0 Å². The minimum atomic E-state index is -2.77. The van der Waals surface area contributed by atoms with Crippen molar-refractivity contribution in [1.82, 2.24) is 35.9 Å². The molecule has 0 radical (unpaired) electrons. The molecule has 7 rings (SSSR count). The van der Waals surface area contributed by atoms with Gasteiger partial charge in [0.1, 0.15) is 36.6 Å². The molecule has 15 nitrogen and oxygen atoms in total. The van der Waals surface area contributed by atoms with Gasteiger partial charge in [0, 0.05) is 75.5 Å². The van der Waals surface area contributed by atoms with Crippen molar-refractivity contribution in [1.29, 1.82) is 0 Å². The largest absolute Gasteiger partial charge is 0.494 e. The number of methoxy groups -OCH3 is 1. The predicted molar refractivity (Wildman–Crippen MR) is 240 cm³/mol. The summed E-state index contributed by atoms with van der Waals surface area (Å²) in [6.07, 6.45) is 8.71. The van der Waals surface area contributed by atoms with Crippen molar-refractivity contribution < 1.29 is 23.6 Å². The van der Waals surface area contributed by atoms with E-state index in [1.54, 1.807) is 39.0 Å². The van der Waals surface area contributed by atoms with Crippen molar-refractivity contribution in [2.45, 2.75) is 51.0 Å². The van der Waals surface area contributed by atoms with Gasteiger partial charge >= 0.3 is 0 Å². The Morgan fingerprint density at radius 2 is 1.72 bits per heavy atom. The summed E-state index contributed by atoms with van der Waals surface area (Å²) in [7, 11) is -1.10. The van der Waals surface area contributed by atoms with Crippen LogP contribution >= 0.6 is 23.1 Å². The molecular formula is C43H52BrN10O5P. The minimum absolute atomic E-state index is 0.207. The number of nitrogens with zero attached hydrogens (tertiary/aromatic N) is 5. The maximum atomic E-state index is 13.5. The molecule has 2 saturated heterocycles. The van der Waals surface area contributed by atoms with Gasteiger partial charge in [-0.3, -0.25) is 24.9 Å². The summed E-state index contributed by atoms with van der Waals surface area (Å²) in [6.45, 7) is 10.4. The van der Waals surface area contributed by atoms with Gasteiger partial charge < -0.3 is 40.2 Å². The average molecular weight is 900 g/mol. The van der Waals surface area contributed by atoms with Gasteiger partial charge in [0.2, 0.25) is 17.8 Å². The maximum Gasteiger partial charge on any atom is 0.234 e. The molecule has 2 aliphatic heterocycles. The molecule has 2 aromatic heterocycles. The minimum Gasteiger partial charge on any atom is -0.494 e. The summed E-state index contributed by atoms with van der Waals surface area (Å²) in [5, 5.41) is 16.9. The lowest BCUT2D eigenvalue weighted by Gasteiger charge is -2.35. The van der Waals surface area contributed by atoms with Crippen LogP contribution in [0.15, 0.2) is 71.6 Å². The number of aromatic nitrogens is 4. The van der Waals surface area contributed by atoms with Crippen LogP contribution in [0.25, 0.3) is 11.0 Å². The fourth-order valence-corrected chi connectivity index (χ4v) is 9.44. The van der Waals surface area contributed by atoms with E-state index in [9.17, 15) is 14.2 Å². The van der Waals surface area contributed by atoms with Crippen LogP contribution in [-0.2, 0) is 20.6 Å². The SMILES string of the molecule is CCc1cc(Nc2ncc(Br)c(Nc3ccc4nccnc4c3P(C)(C)=O)n2)c(OC)cc1N1CCC(NCCNCCOc2ccc(C3CCC(=O)NC3=O)cc2)CC1. The van der Waals surface area contributed by atoms with E-state index < -0.39 is 7.14 Å². The number of nitrogens with one attached hydrogen (secondary N) is 5. The highest BCUT2D eigenvalue weighted by atomic mass is 79.9. The second-order valence-electron chi connectivity index (χ2n) is 15.3. The summed E-state index contributed by atoms with van der Waals surface area (Å²) < 4.78 is 25.9. The second kappa shape index (κ2) is 19.5. The fourth-order valence-electron chi connectivity index (χ4n) is 7.75. The molecule has 4 heterocycles. The lowest BCUT2D eigenvalue weighted by atomic mass is 9.90. The van der Waals surface area contributed by atoms with Gasteiger partial charge in [-0.1, -0.05) is 19.1 Å². The Morgan fingerprint density at radius 1 is 0.933 bits per heavy atom. The van der Waals surface area contributed by atoms with Gasteiger partial charge in [-0.2, -0.15) is 4.98 Å². The lowest BCUT2D eigenvalue weighted by Crippen LogP contribution is -2.44. The third kappa shape index (κ3) is 10.4. The van der Waals surface area contributed by atoms with E-state index in [1.807, 2.05) is 36.4 Å². The first kappa shape index (κ1) is 43.0. The zero-order chi connectivity index (χ0) is 42.2. The third-order valence-corrected chi connectivity index (χ3v) is 12.9. The molecule has 5 N–H and O–H groups in total. The van der Waals surface area contributed by atoms with E-state index in [0.29, 0.717) is 69.5 Å². The molecule has 0 bridgehead atoms. The summed E-state index contributed by atoms with van der Waals surface area (Å²) in [5.74, 6) is 1.59. The fraction of sp³-hybridized carbons (Fsp3) is 0.395. The van der Waals surface area contributed by atoms with Crippen molar-refractivity contribution in [3.05, 3.63) is 82.7 Å². The Bertz CT molecular complexity index is 2370. The van der Waals surface area contributed by atoms with Gasteiger partial charge in [-0.05, 0) is 96.4 Å². The number of carbonyl (C=O) groups excluding carboxylic acids is 2. The highest BCUT2D eigenvalue weighted by molar-refractivity contribution is 9.10. The Hall–Kier alpha value is -5.15. The molecule has 2 amide bonds. The Kier molecular flexibility index (Phi) is 14.0. The number of rotatable bonds is 17. The van der Waals surface area contributed by atoms with Gasteiger partial charge in [-0.25, -0.2) is 4.98 Å². The molecule has 17 heteroatoms. The molecule has 0 saturated carbocycles. The molecule has 3 aromatic carbocycles. The predicted octanol–water partition coefficient (Wildman–Crippen LogP) is 6.24. The van der Waals surface area contributed by atoms with E-state index in [1.165, 1.54) is 11.3 Å². The van der Waals surface area contributed by atoms with Gasteiger partial charge in [-0.15, -0.1) is 0 Å². The third-order valence-electron chi connectivity index (χ3n) is 10.8. The van der Waals surface area contributed by atoms with Crippen molar-refractivity contribution >= 4 is 80.1 Å². The number of benzene rings is 3. The molecule has 1 unspecified atom stereocenters. The summed E-state index contributed by atoms with van der Waals surface area (Å²) >= 11 is 3.58. The summed E-state index contributed by atoms with van der Waals surface area (Å²) in [5.41, 5.74) is 5.93. The molecule has 5 aromatic rings. The molecule has 60 heavy (non-hydrogen) atoms. The first-order valence-electron chi connectivity index (χ1n) is 20.3. The van der Waals surface area contributed by atoms with E-state index in [-0.39, 0.29) is 17.7 Å². The number of carbonyl (C=O) groups is 2. The topological polar surface area (TPSA) is 185 Å². The molecule has 316 valence electrons. The number of anilines is 5. The van der Waals surface area contributed by atoms with Crippen molar-refractivity contribution in [3.8, 4) is 11.5 Å². The zero-order valence-corrected chi connectivity index (χ0v) is 36.9. The van der Waals surface area contributed by atoms with Crippen LogP contribution in [-0.4, -0.2) is 97.6 Å². The zero-order valence-electron chi connectivity index (χ0n) is 34.4. The number of hydrogen-bond acceptors (Lipinski definition) is 14. The number of ether oxygens (including phenoxy) is 2. The highest BCUT2D eigenvalue weighted by Crippen LogP contribution is 2.42. The van der Waals surface area contributed by atoms with E-state index in [2.05, 4.69) is 81.4 Å². The maximum absolute atomic E-state index is 13.5. The molecule has 2 aliphatic rings. The Balaban J connectivity index is 0.889. The van der Waals surface area contributed by atoms with Crippen LogP contribution in [0.5, 0.6) is 11.5 Å². The molecule has 0 spiro atoms. The van der Waals surface area contributed by atoms with Crippen LogP contribution in [0.4, 0.5) is 28.8 Å². The van der Waals surface area contributed by atoms with Crippen LogP contribution in [0, 0.1) is 0 Å².